The standard InChI is InChI=1S/C17H26N8O5/c1-24(16(20)21)6-4-9(18)8-12(26)22-10-2-3-13(30-14(10)15(27)28)25-7-5-11(19)23-17(25)29/h2-3,5,7,9-10,13-14H,4,6,8,18H2,1H3,(H7,19,20,21,22,23,26,27,28,29)/p+1/t9-,10+,13-,14+/m1/s1. The van der Waals surface area contributed by atoms with Crippen molar-refractivity contribution in [3.63, 3.8) is 0 Å². The number of carbonyl (C=O) groups excluding carboxylic acids is 2. The van der Waals surface area contributed by atoms with Gasteiger partial charge in [-0.15, -0.1) is 0 Å². The number of ether oxygens (including phenoxy) is 1. The van der Waals surface area contributed by atoms with Crippen LogP contribution >= 0.6 is 0 Å². The number of nitrogens with two attached hydrogens (primary N) is 3. The van der Waals surface area contributed by atoms with Crippen LogP contribution in [0.3, 0.4) is 0 Å². The molecule has 1 aliphatic rings. The first-order valence-electron chi connectivity index (χ1n) is 9.19. The summed E-state index contributed by atoms with van der Waals surface area (Å²) in [7, 11) is 1.72. The Bertz CT molecular complexity index is 908. The molecule has 0 radical (unpaired) electrons. The number of carbonyl (C=O) groups is 2. The molecule has 1 aliphatic heterocycles. The van der Waals surface area contributed by atoms with E-state index in [1.807, 2.05) is 0 Å². The largest absolute Gasteiger partial charge is 0.547 e. The predicted molar refractivity (Wildman–Crippen MR) is 103 cm³/mol. The molecule has 0 spiro atoms. The lowest BCUT2D eigenvalue weighted by atomic mass is 10.1. The Kier molecular flexibility index (Phi) is 7.49. The summed E-state index contributed by atoms with van der Waals surface area (Å²) in [6.45, 7) is 0.518. The highest BCUT2D eigenvalue weighted by Crippen LogP contribution is 2.20. The molecule has 0 unspecified atom stereocenters. The first-order chi connectivity index (χ1) is 14.1. The first kappa shape index (κ1) is 22.8. The number of rotatable bonds is 8. The second kappa shape index (κ2) is 9.84. The molecule has 10 N–H and O–H groups in total. The summed E-state index contributed by atoms with van der Waals surface area (Å²) in [5.74, 6) is -1.75. The number of nitrogens with zero attached hydrogens (tertiary/aromatic N) is 3. The molecular weight excluding hydrogens is 396 g/mol. The van der Waals surface area contributed by atoms with Crippen LogP contribution in [0.4, 0.5) is 5.82 Å². The van der Waals surface area contributed by atoms with Crippen LogP contribution in [0.25, 0.3) is 0 Å². The van der Waals surface area contributed by atoms with E-state index in [0.717, 1.165) is 4.57 Å². The van der Waals surface area contributed by atoms with Crippen molar-refractivity contribution < 1.29 is 29.7 Å². The van der Waals surface area contributed by atoms with E-state index in [0.29, 0.717) is 13.0 Å². The summed E-state index contributed by atoms with van der Waals surface area (Å²) < 4.78 is 8.15. The minimum absolute atomic E-state index is 0.0265. The van der Waals surface area contributed by atoms with Crippen LogP contribution in [0.15, 0.2) is 29.2 Å². The molecule has 164 valence electrons. The van der Waals surface area contributed by atoms with Gasteiger partial charge < -0.3 is 31.4 Å². The van der Waals surface area contributed by atoms with Crippen LogP contribution in [0, 0.1) is 0 Å². The van der Waals surface area contributed by atoms with Gasteiger partial charge >= 0.3 is 11.6 Å². The summed E-state index contributed by atoms with van der Waals surface area (Å²) in [5.41, 5.74) is 19.6. The normalized spacial score (nSPS) is 21.6. The summed E-state index contributed by atoms with van der Waals surface area (Å²) in [6.07, 6.45) is 2.29. The van der Waals surface area contributed by atoms with Crippen molar-refractivity contribution in [2.24, 2.45) is 11.5 Å². The maximum absolute atomic E-state index is 12.3. The topological polar surface area (TPSA) is 222 Å². The molecule has 4 atom stereocenters. The Labute approximate surface area is 172 Å². The molecule has 0 saturated heterocycles. The van der Waals surface area contributed by atoms with Crippen molar-refractivity contribution in [3.8, 4) is 0 Å². The molecule has 30 heavy (non-hydrogen) atoms. The third-order valence-electron chi connectivity index (χ3n) is 4.57. The number of nitrogens with one attached hydrogen (secondary N) is 1. The fraction of sp³-hybridized carbons (Fsp3) is 0.471. The van der Waals surface area contributed by atoms with E-state index in [4.69, 9.17) is 21.9 Å². The second-order valence-corrected chi connectivity index (χ2v) is 6.99. The average molecular weight is 423 g/mol. The van der Waals surface area contributed by atoms with Gasteiger partial charge in [0.2, 0.25) is 5.91 Å². The molecule has 1 aromatic heterocycles. The summed E-state index contributed by atoms with van der Waals surface area (Å²) in [5, 5.41) is 14.1. The number of aromatic nitrogens is 2. The van der Waals surface area contributed by atoms with Gasteiger partial charge in [0.05, 0.1) is 38.1 Å². The van der Waals surface area contributed by atoms with Gasteiger partial charge in [-0.05, 0) is 12.1 Å². The zero-order valence-corrected chi connectivity index (χ0v) is 16.6. The summed E-state index contributed by atoms with van der Waals surface area (Å²) >= 11 is 0. The predicted octanol–water partition coefficient (Wildman–Crippen LogP) is -5.18. The molecule has 0 fully saturated rings. The van der Waals surface area contributed by atoms with Crippen molar-refractivity contribution in [2.45, 2.75) is 37.3 Å². The van der Waals surface area contributed by atoms with Crippen molar-refractivity contribution in [1.82, 2.24) is 14.9 Å². The molecule has 2 heterocycles. The molecule has 1 aromatic rings. The number of guanidine groups is 1. The molecule has 0 bridgehead atoms. The van der Waals surface area contributed by atoms with Gasteiger partial charge in [0, 0.05) is 12.6 Å². The van der Waals surface area contributed by atoms with Crippen LogP contribution in [0.2, 0.25) is 0 Å². The molecule has 1 amide bonds. The lowest BCUT2D eigenvalue weighted by Gasteiger charge is -2.33. The molecule has 0 aromatic carbocycles. The minimum atomic E-state index is -1.53. The number of hydrogen-bond donors (Lipinski definition) is 5. The Morgan fingerprint density at radius 1 is 1.43 bits per heavy atom. The van der Waals surface area contributed by atoms with Crippen molar-refractivity contribution in [2.75, 3.05) is 19.3 Å². The van der Waals surface area contributed by atoms with Gasteiger partial charge in [-0.3, -0.25) is 25.4 Å². The Morgan fingerprint density at radius 3 is 2.73 bits per heavy atom. The molecule has 0 aliphatic carbocycles. The number of aliphatic carboxylic acids is 1. The van der Waals surface area contributed by atoms with Crippen molar-refractivity contribution in [3.05, 3.63) is 34.9 Å². The number of carboxylic acids is 1. The maximum Gasteiger partial charge on any atom is 0.351 e. The highest BCUT2D eigenvalue weighted by molar-refractivity contribution is 5.79. The summed E-state index contributed by atoms with van der Waals surface area (Å²) in [6, 6.07) is 0.162. The van der Waals surface area contributed by atoms with E-state index in [-0.39, 0.29) is 24.2 Å². The highest BCUT2D eigenvalue weighted by Gasteiger charge is 2.31. The smallest absolute Gasteiger partial charge is 0.351 e. The molecule has 2 rings (SSSR count). The third-order valence-corrected chi connectivity index (χ3v) is 4.57. The number of nitrogen functional groups attached to an aromatic ring is 1. The van der Waals surface area contributed by atoms with Gasteiger partial charge in [0.1, 0.15) is 11.9 Å². The van der Waals surface area contributed by atoms with E-state index in [1.165, 1.54) is 24.4 Å². The van der Waals surface area contributed by atoms with E-state index in [2.05, 4.69) is 16.0 Å². The summed E-state index contributed by atoms with van der Waals surface area (Å²) in [4.78, 5) is 39.4. The monoisotopic (exact) mass is 423 g/mol. The molecule has 13 heteroatoms. The zero-order chi connectivity index (χ0) is 22.4. The van der Waals surface area contributed by atoms with E-state index in [1.54, 1.807) is 11.6 Å². The number of anilines is 1. The van der Waals surface area contributed by atoms with Crippen molar-refractivity contribution in [1.29, 1.82) is 0 Å². The number of quaternary nitrogens is 1. The van der Waals surface area contributed by atoms with Crippen LogP contribution in [-0.2, 0) is 14.3 Å². The fourth-order valence-electron chi connectivity index (χ4n) is 2.81. The van der Waals surface area contributed by atoms with Crippen LogP contribution < -0.4 is 39.0 Å². The van der Waals surface area contributed by atoms with Gasteiger partial charge in [-0.25, -0.2) is 4.79 Å². The molecule has 0 saturated carbocycles. The number of carboxylic acid groups (broad SMARTS) is 1. The van der Waals surface area contributed by atoms with Gasteiger partial charge in [0.15, 0.2) is 6.23 Å². The Morgan fingerprint density at radius 2 is 2.13 bits per heavy atom. The maximum atomic E-state index is 12.3. The van der Waals surface area contributed by atoms with Crippen molar-refractivity contribution >= 4 is 23.7 Å². The second-order valence-electron chi connectivity index (χ2n) is 6.99. The zero-order valence-electron chi connectivity index (χ0n) is 16.6. The van der Waals surface area contributed by atoms with Crippen LogP contribution in [-0.4, -0.2) is 63.7 Å². The molecular formula is C17H27N8O5+. The lowest BCUT2D eigenvalue weighted by molar-refractivity contribution is -0.512. The van der Waals surface area contributed by atoms with E-state index >= 15 is 0 Å². The van der Waals surface area contributed by atoms with Gasteiger partial charge in [0.25, 0.3) is 0 Å². The van der Waals surface area contributed by atoms with E-state index in [9.17, 15) is 19.5 Å². The lowest BCUT2D eigenvalue weighted by Crippen LogP contribution is -2.63. The Balaban J connectivity index is 2.02. The highest BCUT2D eigenvalue weighted by atomic mass is 16.5. The van der Waals surface area contributed by atoms with E-state index < -0.39 is 35.9 Å². The van der Waals surface area contributed by atoms with Gasteiger partial charge in [-0.2, -0.15) is 4.98 Å². The quantitative estimate of drug-likeness (QED) is 0.116. The average Bonchev–Trinajstić information content (AvgIpc) is 2.66. The first-order valence-corrected chi connectivity index (χ1v) is 9.19. The van der Waals surface area contributed by atoms with Crippen LogP contribution in [0.1, 0.15) is 19.1 Å². The third kappa shape index (κ3) is 6.02. The fourth-order valence-corrected chi connectivity index (χ4v) is 2.81. The SMILES string of the molecule is C[N+](CC[C@@H]([NH3+])CC(=O)N[C@H]1C=C[C@H](n2ccc(N)nc2=O)O[C@@H]1C(=O)[O-])=C(N)N. The van der Waals surface area contributed by atoms with Gasteiger partial charge in [-0.1, -0.05) is 6.08 Å². The minimum Gasteiger partial charge on any atom is -0.547 e. The molecule has 13 nitrogen and oxygen atoms in total. The number of hydrogen-bond acceptors (Lipinski definition) is 7. The van der Waals surface area contributed by atoms with Crippen LogP contribution in [0.5, 0.6) is 0 Å². The Hall–Kier alpha value is -3.45. The number of amides is 1.